The van der Waals surface area contributed by atoms with Crippen LogP contribution in [-0.2, 0) is 36.3 Å². The number of aromatic nitrogens is 2. The minimum Gasteiger partial charge on any atom is -0.496 e. The predicted octanol–water partition coefficient (Wildman–Crippen LogP) is 4.63. The predicted molar refractivity (Wildman–Crippen MR) is 221 cm³/mol. The van der Waals surface area contributed by atoms with Crippen LogP contribution in [0.2, 0.25) is 0 Å². The quantitative estimate of drug-likeness (QED) is 0.249. The van der Waals surface area contributed by atoms with Gasteiger partial charge in [-0.1, -0.05) is 0 Å². The maximum atomic E-state index is 13.4. The molecule has 5 aliphatic rings. The second-order valence-corrected chi connectivity index (χ2v) is 17.3. The van der Waals surface area contributed by atoms with Gasteiger partial charge in [-0.15, -0.1) is 0 Å². The fourth-order valence-electron chi connectivity index (χ4n) is 10.3. The highest BCUT2D eigenvalue weighted by Gasteiger charge is 2.46. The molecule has 2 saturated heterocycles. The van der Waals surface area contributed by atoms with E-state index in [1.165, 1.54) is 12.8 Å². The van der Waals surface area contributed by atoms with E-state index in [4.69, 9.17) is 9.47 Å². The molecule has 1 N–H and O–H groups in total. The number of imide groups is 2. The van der Waals surface area contributed by atoms with Crippen molar-refractivity contribution in [2.45, 2.75) is 83.1 Å². The number of amides is 4. The number of carbonyl (C=O) groups excluding carboxylic acids is 4. The topological polar surface area (TPSA) is 147 Å². The Hall–Kier alpha value is -5.60. The molecule has 4 aliphatic heterocycles. The van der Waals surface area contributed by atoms with Gasteiger partial charge in [0, 0.05) is 76.6 Å². The number of likely N-dealkylation sites (tertiary alicyclic amines) is 1. The van der Waals surface area contributed by atoms with Crippen LogP contribution in [0.25, 0.3) is 21.9 Å². The zero-order chi connectivity index (χ0) is 41.3. The molecule has 1 spiro atoms. The lowest BCUT2D eigenvalue weighted by molar-refractivity contribution is -0.136. The summed E-state index contributed by atoms with van der Waals surface area (Å²) in [5.74, 6) is 0.395. The molecular formula is C45H51N7O7. The molecule has 14 heteroatoms. The van der Waals surface area contributed by atoms with Gasteiger partial charge in [0.2, 0.25) is 11.8 Å². The molecule has 4 aromatic rings. The second-order valence-electron chi connectivity index (χ2n) is 17.3. The molecule has 1 saturated carbocycles. The van der Waals surface area contributed by atoms with Crippen molar-refractivity contribution < 1.29 is 28.7 Å². The smallest absolute Gasteiger partial charge is 0.262 e. The van der Waals surface area contributed by atoms with Gasteiger partial charge in [0.25, 0.3) is 17.4 Å². The number of hydrogen-bond acceptors (Lipinski definition) is 11. The second kappa shape index (κ2) is 14.9. The van der Waals surface area contributed by atoms with Crippen molar-refractivity contribution in [3.05, 3.63) is 80.9 Å². The van der Waals surface area contributed by atoms with Gasteiger partial charge in [0.15, 0.2) is 0 Å². The van der Waals surface area contributed by atoms with Crippen LogP contribution in [0.5, 0.6) is 11.5 Å². The number of carbonyl (C=O) groups is 4. The molecule has 3 fully saturated rings. The van der Waals surface area contributed by atoms with Crippen LogP contribution in [0.1, 0.15) is 88.8 Å². The molecule has 0 radical (unpaired) electrons. The Bertz CT molecular complexity index is 2410. The zero-order valence-corrected chi connectivity index (χ0v) is 34.4. The Morgan fingerprint density at radius 2 is 1.44 bits per heavy atom. The normalized spacial score (nSPS) is 21.0. The van der Waals surface area contributed by atoms with Gasteiger partial charge in [-0.05, 0) is 110 Å². The fourth-order valence-corrected chi connectivity index (χ4v) is 10.3. The largest absolute Gasteiger partial charge is 0.496 e. The third-order valence-corrected chi connectivity index (χ3v) is 13.8. The van der Waals surface area contributed by atoms with Crippen molar-refractivity contribution in [3.63, 3.8) is 0 Å². The van der Waals surface area contributed by atoms with E-state index in [9.17, 15) is 24.0 Å². The van der Waals surface area contributed by atoms with Crippen LogP contribution in [0.4, 0.5) is 5.82 Å². The van der Waals surface area contributed by atoms with Crippen molar-refractivity contribution in [1.82, 2.24) is 29.6 Å². The summed E-state index contributed by atoms with van der Waals surface area (Å²) in [5.41, 5.74) is 5.88. The summed E-state index contributed by atoms with van der Waals surface area (Å²) in [5, 5.41) is 3.65. The summed E-state index contributed by atoms with van der Waals surface area (Å²) >= 11 is 0. The van der Waals surface area contributed by atoms with Gasteiger partial charge >= 0.3 is 0 Å². The first-order valence-corrected chi connectivity index (χ1v) is 20.6. The van der Waals surface area contributed by atoms with Crippen LogP contribution in [0.15, 0.2) is 47.5 Å². The molecule has 4 amide bonds. The van der Waals surface area contributed by atoms with Crippen LogP contribution in [0.3, 0.4) is 0 Å². The Labute approximate surface area is 343 Å². The number of rotatable bonds is 8. The molecule has 1 unspecified atom stereocenters. The number of aryl methyl sites for hydroxylation is 1. The van der Waals surface area contributed by atoms with E-state index in [1.807, 2.05) is 43.4 Å². The number of anilines is 1. The Morgan fingerprint density at radius 3 is 2.02 bits per heavy atom. The van der Waals surface area contributed by atoms with Gasteiger partial charge in [0.05, 0.1) is 36.3 Å². The summed E-state index contributed by atoms with van der Waals surface area (Å²) in [6.45, 7) is 4.17. The van der Waals surface area contributed by atoms with Crippen molar-refractivity contribution in [3.8, 4) is 22.6 Å². The molecular weight excluding hydrogens is 751 g/mol. The molecule has 6 heterocycles. The van der Waals surface area contributed by atoms with E-state index in [0.29, 0.717) is 34.5 Å². The first kappa shape index (κ1) is 38.9. The first-order valence-electron chi connectivity index (χ1n) is 20.6. The first-order chi connectivity index (χ1) is 28.4. The summed E-state index contributed by atoms with van der Waals surface area (Å²) in [6.07, 6.45) is 10.6. The third kappa shape index (κ3) is 6.75. The van der Waals surface area contributed by atoms with Gasteiger partial charge in [0.1, 0.15) is 23.4 Å². The molecule has 14 nitrogen and oxygen atoms in total. The van der Waals surface area contributed by atoms with E-state index >= 15 is 0 Å². The highest BCUT2D eigenvalue weighted by Crippen LogP contribution is 2.48. The highest BCUT2D eigenvalue weighted by atomic mass is 16.5. The molecule has 9 rings (SSSR count). The lowest BCUT2D eigenvalue weighted by Gasteiger charge is -2.47. The highest BCUT2D eigenvalue weighted by molar-refractivity contribution is 6.23. The van der Waals surface area contributed by atoms with Crippen LogP contribution >= 0.6 is 0 Å². The van der Waals surface area contributed by atoms with E-state index in [2.05, 4.69) is 32.2 Å². The summed E-state index contributed by atoms with van der Waals surface area (Å²) in [4.78, 5) is 76.6. The zero-order valence-electron chi connectivity index (χ0n) is 34.4. The number of hydrogen-bond donors (Lipinski definition) is 1. The van der Waals surface area contributed by atoms with Gasteiger partial charge in [-0.3, -0.25) is 44.0 Å². The molecule has 2 aromatic heterocycles. The SMILES string of the molecule is COc1cc(-c2cn(C)c(=O)c3cnc(N(C)C)cc23)cc(OC)c1CN1CCC2(CCC(N3Cc4cc5c(cc4C3)C(=O)N(C3CCC(=O)NC3=O)C5=O)CC2)CC1. The van der Waals surface area contributed by atoms with Crippen LogP contribution in [-0.4, -0.2) is 101 Å². The standard InChI is InChI=1S/C45H51N7O7/c1-48(2)39-20-30-33(21-46-39)42(55)49(3)24-34(30)26-18-37(58-4)35(38(19-26)59-5)25-50-14-12-45(13-15-50)10-8-29(9-11-45)51-22-27-16-31-32(17-28(27)23-51)44(57)52(43(31)56)36-6-7-40(53)47-41(36)54/h16-21,24,29,36H,6-15,22-23,25H2,1-5H3,(H,47,53,54). The summed E-state index contributed by atoms with van der Waals surface area (Å²) in [7, 11) is 9.02. The lowest BCUT2D eigenvalue weighted by Crippen LogP contribution is -2.54. The van der Waals surface area contributed by atoms with Crippen LogP contribution in [0, 0.1) is 5.41 Å². The van der Waals surface area contributed by atoms with Crippen molar-refractivity contribution in [2.75, 3.05) is 46.3 Å². The average molecular weight is 802 g/mol. The number of ether oxygens (including phenoxy) is 2. The number of piperidine rings is 2. The number of fused-ring (bicyclic) bond motifs is 3. The Kier molecular flexibility index (Phi) is 9.82. The molecule has 2 aromatic carbocycles. The average Bonchev–Trinajstić information content (AvgIpc) is 3.76. The van der Waals surface area contributed by atoms with E-state index < -0.39 is 23.8 Å². The Balaban J connectivity index is 0.839. The molecule has 0 bridgehead atoms. The monoisotopic (exact) mass is 801 g/mol. The van der Waals surface area contributed by atoms with E-state index in [-0.39, 0.29) is 24.3 Å². The number of nitrogens with one attached hydrogen (secondary N) is 1. The number of benzene rings is 2. The van der Waals surface area contributed by atoms with Gasteiger partial charge in [-0.25, -0.2) is 4.98 Å². The maximum Gasteiger partial charge on any atom is 0.262 e. The molecule has 308 valence electrons. The van der Waals surface area contributed by atoms with Gasteiger partial charge < -0.3 is 18.9 Å². The van der Waals surface area contributed by atoms with Crippen molar-refractivity contribution >= 4 is 40.2 Å². The summed E-state index contributed by atoms with van der Waals surface area (Å²) in [6, 6.07) is 9.26. The minimum absolute atomic E-state index is 0.0989. The maximum absolute atomic E-state index is 13.4. The number of methoxy groups -OCH3 is 2. The van der Waals surface area contributed by atoms with E-state index in [0.717, 1.165) is 107 Å². The summed E-state index contributed by atoms with van der Waals surface area (Å²) < 4.78 is 13.6. The van der Waals surface area contributed by atoms with Crippen LogP contribution < -0.4 is 25.2 Å². The van der Waals surface area contributed by atoms with E-state index in [1.54, 1.807) is 32.0 Å². The minimum atomic E-state index is -0.957. The number of nitrogens with zero attached hydrogens (tertiary/aromatic N) is 6. The fraction of sp³-hybridized carbons (Fsp3) is 0.467. The molecule has 59 heavy (non-hydrogen) atoms. The van der Waals surface area contributed by atoms with Gasteiger partial charge in [-0.2, -0.15) is 0 Å². The third-order valence-electron chi connectivity index (χ3n) is 13.8. The molecule has 1 aliphatic carbocycles. The lowest BCUT2D eigenvalue weighted by atomic mass is 9.66. The van der Waals surface area contributed by atoms with Crippen molar-refractivity contribution in [2.24, 2.45) is 12.5 Å². The Morgan fingerprint density at radius 1 is 0.814 bits per heavy atom. The molecule has 1 atom stereocenters. The van der Waals surface area contributed by atoms with Crippen molar-refractivity contribution in [1.29, 1.82) is 0 Å². The number of pyridine rings is 2.